The summed E-state index contributed by atoms with van der Waals surface area (Å²) in [7, 11) is -3.57. The molecule has 1 amide bonds. The molecule has 4 rings (SSSR count). The maximum atomic E-state index is 12.8. The monoisotopic (exact) mass is 551 g/mol. The highest BCUT2D eigenvalue weighted by Crippen LogP contribution is 2.22. The van der Waals surface area contributed by atoms with Crippen molar-refractivity contribution in [1.82, 2.24) is 19.9 Å². The Kier molecular flexibility index (Phi) is 7.94. The molecule has 0 aliphatic rings. The predicted octanol–water partition coefficient (Wildman–Crippen LogP) is 3.15. The normalized spacial score (nSPS) is 11.3. The van der Waals surface area contributed by atoms with Gasteiger partial charge in [-0.2, -0.15) is 0 Å². The fourth-order valence-corrected chi connectivity index (χ4v) is 5.13. The van der Waals surface area contributed by atoms with Crippen LogP contribution in [0, 0.1) is 6.92 Å². The van der Waals surface area contributed by atoms with Gasteiger partial charge < -0.3 is 15.6 Å². The molecule has 11 heteroatoms. The van der Waals surface area contributed by atoms with Gasteiger partial charge in [-0.1, -0.05) is 29.8 Å². The van der Waals surface area contributed by atoms with Gasteiger partial charge in [0, 0.05) is 54.6 Å². The lowest BCUT2D eigenvalue weighted by atomic mass is 10.1. The van der Waals surface area contributed by atoms with Crippen molar-refractivity contribution in [3.63, 3.8) is 0 Å². The Morgan fingerprint density at radius 2 is 1.89 bits per heavy atom. The number of hydrogen-bond acceptors (Lipinski definition) is 7. The minimum Gasteiger partial charge on any atom is -0.382 e. The Balaban J connectivity index is 1.52. The summed E-state index contributed by atoms with van der Waals surface area (Å²) in [5, 5.41) is 3.17. The van der Waals surface area contributed by atoms with Crippen molar-refractivity contribution in [2.45, 2.75) is 31.3 Å². The van der Waals surface area contributed by atoms with Crippen molar-refractivity contribution < 1.29 is 13.2 Å². The second kappa shape index (κ2) is 11.2. The molecule has 0 spiro atoms. The van der Waals surface area contributed by atoms with Crippen molar-refractivity contribution in [1.29, 1.82) is 0 Å². The molecule has 0 aliphatic heterocycles. The number of sulfone groups is 1. The van der Waals surface area contributed by atoms with Gasteiger partial charge in [-0.05, 0) is 53.9 Å². The molecule has 1 aromatic carbocycles. The topological polar surface area (TPSA) is 137 Å². The third-order valence-electron chi connectivity index (χ3n) is 5.97. The quantitative estimate of drug-likeness (QED) is 0.343. The third-order valence-corrected chi connectivity index (χ3v) is 7.45. The van der Waals surface area contributed by atoms with Gasteiger partial charge in [-0.25, -0.2) is 13.4 Å². The number of nitrogens with zero attached hydrogens (tertiary/aromatic N) is 3. The smallest absolute Gasteiger partial charge is 0.251 e. The molecule has 4 aromatic rings. The number of nitrogens with two attached hydrogens (primary N) is 1. The lowest BCUT2D eigenvalue weighted by molar-refractivity contribution is 0.0950. The number of anilines is 1. The Bertz CT molecular complexity index is 1690. The molecule has 0 saturated carbocycles. The van der Waals surface area contributed by atoms with Gasteiger partial charge in [-0.3, -0.25) is 14.6 Å². The molecule has 3 heterocycles. The van der Waals surface area contributed by atoms with E-state index in [1.54, 1.807) is 61.7 Å². The molecule has 3 N–H and O–H groups in total. The second-order valence-electron chi connectivity index (χ2n) is 8.88. The summed E-state index contributed by atoms with van der Waals surface area (Å²) in [6, 6.07) is 14.8. The highest BCUT2D eigenvalue weighted by atomic mass is 35.5. The number of halogens is 1. The Labute approximate surface area is 225 Å². The van der Waals surface area contributed by atoms with Crippen LogP contribution in [0.3, 0.4) is 0 Å². The summed E-state index contributed by atoms with van der Waals surface area (Å²) in [5.41, 5.74) is 9.13. The molecule has 196 valence electrons. The summed E-state index contributed by atoms with van der Waals surface area (Å²) < 4.78 is 26.6. The lowest BCUT2D eigenvalue weighted by Gasteiger charge is -2.13. The molecule has 0 bridgehead atoms. The first-order chi connectivity index (χ1) is 18.0. The van der Waals surface area contributed by atoms with Crippen molar-refractivity contribution in [2.75, 3.05) is 12.0 Å². The number of benzene rings is 1. The molecule has 0 aliphatic carbocycles. The number of carbonyl (C=O) groups excluding carboxylic acids is 1. The number of pyridine rings is 3. The predicted molar refractivity (Wildman–Crippen MR) is 146 cm³/mol. The number of carbonyl (C=O) groups is 1. The zero-order chi connectivity index (χ0) is 27.4. The Hall–Kier alpha value is -4.02. The molecular formula is C27H26ClN5O4S. The number of amides is 1. The number of aryl methyl sites for hydroxylation is 1. The summed E-state index contributed by atoms with van der Waals surface area (Å²) in [5.74, 6) is -0.0690. The standard InChI is InChI=1S/C27H26ClN5O4S/c1-17-21(14-23(28)26(29)32-17)15-31-27(35)19-8-9-30-22(13-19)11-18-6-7-20(24(12-18)38(2,36)37)16-33-10-4-3-5-25(33)34/h3-10,12-14H,11,15-16H2,1-2H3,(H2,29,32)(H,31,35). The van der Waals surface area contributed by atoms with Crippen molar-refractivity contribution in [2.24, 2.45) is 0 Å². The van der Waals surface area contributed by atoms with Crippen LogP contribution in [-0.4, -0.2) is 35.1 Å². The second-order valence-corrected chi connectivity index (χ2v) is 11.3. The molecule has 3 aromatic heterocycles. The van der Waals surface area contributed by atoms with E-state index in [4.69, 9.17) is 17.3 Å². The van der Waals surface area contributed by atoms with Gasteiger partial charge in [0.1, 0.15) is 5.82 Å². The van der Waals surface area contributed by atoms with Crippen LogP contribution in [0.2, 0.25) is 5.02 Å². The van der Waals surface area contributed by atoms with Crippen molar-refractivity contribution in [3.05, 3.63) is 116 Å². The maximum absolute atomic E-state index is 12.8. The molecule has 0 atom stereocenters. The maximum Gasteiger partial charge on any atom is 0.251 e. The molecule has 0 fully saturated rings. The summed E-state index contributed by atoms with van der Waals surface area (Å²) in [6.07, 6.45) is 4.59. The van der Waals surface area contributed by atoms with Crippen LogP contribution in [-0.2, 0) is 29.3 Å². The fourth-order valence-electron chi connectivity index (χ4n) is 3.98. The highest BCUT2D eigenvalue weighted by molar-refractivity contribution is 7.90. The largest absolute Gasteiger partial charge is 0.382 e. The van der Waals surface area contributed by atoms with Gasteiger partial charge in [0.05, 0.1) is 16.5 Å². The van der Waals surface area contributed by atoms with Gasteiger partial charge in [0.15, 0.2) is 9.84 Å². The van der Waals surface area contributed by atoms with Crippen LogP contribution >= 0.6 is 11.6 Å². The Morgan fingerprint density at radius 3 is 2.63 bits per heavy atom. The van der Waals surface area contributed by atoms with Crippen LogP contribution < -0.4 is 16.6 Å². The summed E-state index contributed by atoms with van der Waals surface area (Å²) in [6.45, 7) is 2.14. The number of hydrogen-bond donors (Lipinski definition) is 2. The minimum absolute atomic E-state index is 0.129. The summed E-state index contributed by atoms with van der Waals surface area (Å²) >= 11 is 6.05. The average Bonchev–Trinajstić information content (AvgIpc) is 2.87. The van der Waals surface area contributed by atoms with Crippen LogP contribution in [0.25, 0.3) is 0 Å². The number of rotatable bonds is 8. The van der Waals surface area contributed by atoms with E-state index < -0.39 is 9.84 Å². The fraction of sp³-hybridized carbons (Fsp3) is 0.185. The van der Waals surface area contributed by atoms with E-state index in [0.29, 0.717) is 39.5 Å². The van der Waals surface area contributed by atoms with Gasteiger partial charge >= 0.3 is 0 Å². The van der Waals surface area contributed by atoms with E-state index in [9.17, 15) is 18.0 Å². The summed E-state index contributed by atoms with van der Waals surface area (Å²) in [4.78, 5) is 33.6. The molecular weight excluding hydrogens is 526 g/mol. The average molecular weight is 552 g/mol. The first-order valence-corrected chi connectivity index (χ1v) is 13.9. The molecule has 0 unspecified atom stereocenters. The van der Waals surface area contributed by atoms with E-state index in [1.165, 1.54) is 16.8 Å². The van der Waals surface area contributed by atoms with E-state index in [0.717, 1.165) is 11.8 Å². The van der Waals surface area contributed by atoms with Crippen LogP contribution in [0.4, 0.5) is 5.82 Å². The first kappa shape index (κ1) is 27.0. The van der Waals surface area contributed by atoms with Crippen molar-refractivity contribution >= 4 is 33.2 Å². The molecule has 38 heavy (non-hydrogen) atoms. The SMILES string of the molecule is Cc1nc(N)c(Cl)cc1CNC(=O)c1ccnc(Cc2ccc(Cn3ccccc3=O)c(S(C)(=O)=O)c2)c1. The molecule has 9 nitrogen and oxygen atoms in total. The van der Waals surface area contributed by atoms with Gasteiger partial charge in [0.25, 0.3) is 11.5 Å². The van der Waals surface area contributed by atoms with Crippen LogP contribution in [0.15, 0.2) is 76.7 Å². The molecule has 0 saturated heterocycles. The molecule has 0 radical (unpaired) electrons. The van der Waals surface area contributed by atoms with Crippen molar-refractivity contribution in [3.8, 4) is 0 Å². The van der Waals surface area contributed by atoms with E-state index in [1.807, 2.05) is 0 Å². The lowest BCUT2D eigenvalue weighted by Crippen LogP contribution is -2.23. The zero-order valence-electron chi connectivity index (χ0n) is 20.8. The Morgan fingerprint density at radius 1 is 1.11 bits per heavy atom. The number of nitrogens with one attached hydrogen (secondary N) is 1. The highest BCUT2D eigenvalue weighted by Gasteiger charge is 2.16. The van der Waals surface area contributed by atoms with Gasteiger partial charge in [0.2, 0.25) is 0 Å². The van der Waals surface area contributed by atoms with E-state index >= 15 is 0 Å². The van der Waals surface area contributed by atoms with Crippen LogP contribution in [0.5, 0.6) is 0 Å². The minimum atomic E-state index is -3.57. The number of nitrogen functional groups attached to an aromatic ring is 1. The third kappa shape index (κ3) is 6.45. The van der Waals surface area contributed by atoms with E-state index in [2.05, 4.69) is 15.3 Å². The number of aromatic nitrogens is 3. The van der Waals surface area contributed by atoms with Crippen LogP contribution in [0.1, 0.15) is 38.4 Å². The first-order valence-electron chi connectivity index (χ1n) is 11.6. The zero-order valence-corrected chi connectivity index (χ0v) is 22.4. The van der Waals surface area contributed by atoms with E-state index in [-0.39, 0.29) is 35.3 Å². The van der Waals surface area contributed by atoms with Gasteiger partial charge in [-0.15, -0.1) is 0 Å².